The molecule has 17 heavy (non-hydrogen) atoms. The van der Waals surface area contributed by atoms with Crippen LogP contribution in [0, 0.1) is 0 Å². The topological polar surface area (TPSA) is 59.5 Å². The number of likely N-dealkylation sites (N-methyl/N-ethyl adjacent to an activating group) is 1. The fourth-order valence-electron chi connectivity index (χ4n) is 1.79. The molecule has 0 saturated carbocycles. The Morgan fingerprint density at radius 2 is 2.18 bits per heavy atom. The molecule has 1 amide bonds. The lowest BCUT2D eigenvalue weighted by Crippen LogP contribution is -2.36. The summed E-state index contributed by atoms with van der Waals surface area (Å²) in [5, 5.41) is 0.935. The molecule has 0 aliphatic heterocycles. The van der Waals surface area contributed by atoms with Gasteiger partial charge in [-0.2, -0.15) is 0 Å². The van der Waals surface area contributed by atoms with Gasteiger partial charge in [0.25, 0.3) is 5.91 Å². The zero-order chi connectivity index (χ0) is 12.4. The first-order valence-electron chi connectivity index (χ1n) is 5.57. The first-order chi connectivity index (χ1) is 8.08. The smallest absolute Gasteiger partial charge is 0.289 e. The van der Waals surface area contributed by atoms with Crippen LogP contribution in [0.5, 0.6) is 0 Å². The fraction of sp³-hybridized carbons (Fsp3) is 0.308. The normalized spacial score (nSPS) is 12.6. The quantitative estimate of drug-likeness (QED) is 0.878. The molecule has 4 nitrogen and oxygen atoms in total. The second kappa shape index (κ2) is 4.59. The van der Waals surface area contributed by atoms with Crippen molar-refractivity contribution in [3.05, 3.63) is 36.1 Å². The molecule has 0 spiro atoms. The Balaban J connectivity index is 2.24. The van der Waals surface area contributed by atoms with Crippen molar-refractivity contribution in [3.63, 3.8) is 0 Å². The second-order valence-corrected chi connectivity index (χ2v) is 4.31. The molecular formula is C13H16N2O2. The third kappa shape index (κ3) is 2.47. The number of nitrogens with zero attached hydrogens (tertiary/aromatic N) is 1. The molecule has 0 bridgehead atoms. The number of para-hydroxylation sites is 1. The summed E-state index contributed by atoms with van der Waals surface area (Å²) in [7, 11) is 1.72. The van der Waals surface area contributed by atoms with Crippen molar-refractivity contribution in [3.8, 4) is 0 Å². The van der Waals surface area contributed by atoms with Crippen LogP contribution in [0.4, 0.5) is 0 Å². The molecule has 1 aromatic heterocycles. The molecule has 1 unspecified atom stereocenters. The highest BCUT2D eigenvalue weighted by Gasteiger charge is 2.17. The van der Waals surface area contributed by atoms with Crippen LogP contribution in [-0.4, -0.2) is 30.4 Å². The van der Waals surface area contributed by atoms with E-state index in [0.717, 1.165) is 11.0 Å². The Labute approximate surface area is 100.0 Å². The minimum Gasteiger partial charge on any atom is -0.451 e. The molecule has 2 aromatic rings. The summed E-state index contributed by atoms with van der Waals surface area (Å²) in [6, 6.07) is 9.27. The van der Waals surface area contributed by atoms with Crippen molar-refractivity contribution in [2.75, 3.05) is 13.6 Å². The van der Waals surface area contributed by atoms with Crippen LogP contribution in [0.2, 0.25) is 0 Å². The number of hydrogen-bond donors (Lipinski definition) is 1. The fourth-order valence-corrected chi connectivity index (χ4v) is 1.79. The zero-order valence-electron chi connectivity index (χ0n) is 10.0. The number of rotatable bonds is 3. The lowest BCUT2D eigenvalue weighted by molar-refractivity contribution is 0.0759. The van der Waals surface area contributed by atoms with Crippen LogP contribution in [-0.2, 0) is 0 Å². The Bertz CT molecular complexity index is 498. The van der Waals surface area contributed by atoms with Crippen molar-refractivity contribution in [2.24, 2.45) is 5.73 Å². The summed E-state index contributed by atoms with van der Waals surface area (Å²) in [5.41, 5.74) is 6.39. The highest BCUT2D eigenvalue weighted by Crippen LogP contribution is 2.19. The molecule has 1 aromatic carbocycles. The van der Waals surface area contributed by atoms with E-state index in [1.165, 1.54) is 0 Å². The monoisotopic (exact) mass is 232 g/mol. The van der Waals surface area contributed by atoms with E-state index in [-0.39, 0.29) is 11.9 Å². The van der Waals surface area contributed by atoms with E-state index >= 15 is 0 Å². The Morgan fingerprint density at radius 3 is 2.82 bits per heavy atom. The van der Waals surface area contributed by atoms with E-state index in [2.05, 4.69) is 0 Å². The second-order valence-electron chi connectivity index (χ2n) is 4.31. The molecule has 2 N–H and O–H groups in total. The molecule has 1 heterocycles. The Hall–Kier alpha value is -1.81. The minimum absolute atomic E-state index is 0.0478. The predicted molar refractivity (Wildman–Crippen MR) is 66.8 cm³/mol. The molecule has 0 aliphatic rings. The van der Waals surface area contributed by atoms with E-state index < -0.39 is 0 Å². The number of fused-ring (bicyclic) bond motifs is 1. The third-order valence-electron chi connectivity index (χ3n) is 2.54. The molecule has 0 aliphatic carbocycles. The van der Waals surface area contributed by atoms with E-state index in [4.69, 9.17) is 10.2 Å². The number of benzene rings is 1. The van der Waals surface area contributed by atoms with Gasteiger partial charge >= 0.3 is 0 Å². The van der Waals surface area contributed by atoms with Gasteiger partial charge in [0.2, 0.25) is 0 Å². The molecule has 2 rings (SSSR count). The van der Waals surface area contributed by atoms with E-state index in [9.17, 15) is 4.79 Å². The van der Waals surface area contributed by atoms with Crippen LogP contribution in [0.1, 0.15) is 17.5 Å². The maximum Gasteiger partial charge on any atom is 0.289 e. The molecule has 4 heteroatoms. The van der Waals surface area contributed by atoms with Crippen LogP contribution in [0.25, 0.3) is 11.0 Å². The summed E-state index contributed by atoms with van der Waals surface area (Å²) in [6.45, 7) is 2.37. The summed E-state index contributed by atoms with van der Waals surface area (Å²) < 4.78 is 5.50. The van der Waals surface area contributed by atoms with Gasteiger partial charge in [-0.05, 0) is 19.1 Å². The van der Waals surface area contributed by atoms with Crippen molar-refractivity contribution >= 4 is 16.9 Å². The molecule has 1 atom stereocenters. The van der Waals surface area contributed by atoms with Gasteiger partial charge < -0.3 is 15.1 Å². The maximum absolute atomic E-state index is 12.0. The largest absolute Gasteiger partial charge is 0.451 e. The molecule has 0 saturated heterocycles. The van der Waals surface area contributed by atoms with Crippen molar-refractivity contribution in [2.45, 2.75) is 13.0 Å². The first kappa shape index (κ1) is 11.7. The van der Waals surface area contributed by atoms with Gasteiger partial charge in [-0.15, -0.1) is 0 Å². The summed E-state index contributed by atoms with van der Waals surface area (Å²) in [5.74, 6) is 0.216. The van der Waals surface area contributed by atoms with Crippen LogP contribution >= 0.6 is 0 Å². The number of hydrogen-bond acceptors (Lipinski definition) is 3. The van der Waals surface area contributed by atoms with Gasteiger partial charge in [-0.3, -0.25) is 4.79 Å². The van der Waals surface area contributed by atoms with Crippen LogP contribution in [0.3, 0.4) is 0 Å². The minimum atomic E-state index is -0.140. The number of amides is 1. The van der Waals surface area contributed by atoms with E-state index in [1.54, 1.807) is 18.0 Å². The number of carbonyl (C=O) groups is 1. The zero-order valence-corrected chi connectivity index (χ0v) is 10.0. The summed E-state index contributed by atoms with van der Waals surface area (Å²) >= 11 is 0. The van der Waals surface area contributed by atoms with Crippen LogP contribution < -0.4 is 5.73 Å². The molecule has 90 valence electrons. The molecule has 0 radical (unpaired) electrons. The van der Waals surface area contributed by atoms with Crippen LogP contribution in [0.15, 0.2) is 34.7 Å². The van der Waals surface area contributed by atoms with Gasteiger partial charge in [0, 0.05) is 25.0 Å². The Kier molecular flexibility index (Phi) is 3.15. The Morgan fingerprint density at radius 1 is 1.47 bits per heavy atom. The summed E-state index contributed by atoms with van der Waals surface area (Å²) in [4.78, 5) is 13.6. The lowest BCUT2D eigenvalue weighted by atomic mass is 10.2. The van der Waals surface area contributed by atoms with Crippen molar-refractivity contribution < 1.29 is 9.21 Å². The van der Waals surface area contributed by atoms with Gasteiger partial charge in [0.15, 0.2) is 5.76 Å². The van der Waals surface area contributed by atoms with Gasteiger partial charge in [-0.1, -0.05) is 18.2 Å². The van der Waals surface area contributed by atoms with Gasteiger partial charge in [-0.25, -0.2) is 0 Å². The van der Waals surface area contributed by atoms with Gasteiger partial charge in [0.1, 0.15) is 5.58 Å². The van der Waals surface area contributed by atoms with E-state index in [0.29, 0.717) is 12.3 Å². The molecular weight excluding hydrogens is 216 g/mol. The highest BCUT2D eigenvalue weighted by atomic mass is 16.3. The average Bonchev–Trinajstić information content (AvgIpc) is 2.70. The van der Waals surface area contributed by atoms with Crippen molar-refractivity contribution in [1.29, 1.82) is 0 Å². The number of carbonyl (C=O) groups excluding carboxylic acids is 1. The lowest BCUT2D eigenvalue weighted by Gasteiger charge is -2.17. The summed E-state index contributed by atoms with van der Waals surface area (Å²) in [6.07, 6.45) is 0. The number of nitrogens with two attached hydrogens (primary N) is 1. The highest BCUT2D eigenvalue weighted by molar-refractivity contribution is 5.95. The third-order valence-corrected chi connectivity index (χ3v) is 2.54. The number of furan rings is 1. The first-order valence-corrected chi connectivity index (χ1v) is 5.57. The average molecular weight is 232 g/mol. The van der Waals surface area contributed by atoms with E-state index in [1.807, 2.05) is 31.2 Å². The van der Waals surface area contributed by atoms with Gasteiger partial charge in [0.05, 0.1) is 0 Å². The SMILES string of the molecule is CC(N)CN(C)C(=O)c1cc2ccccc2o1. The molecule has 0 fully saturated rings. The standard InChI is InChI=1S/C13H16N2O2/c1-9(14)8-15(2)13(16)12-7-10-5-3-4-6-11(10)17-12/h3-7,9H,8,14H2,1-2H3. The predicted octanol–water partition coefficient (Wildman–Crippen LogP) is 1.85. The van der Waals surface area contributed by atoms with Crippen molar-refractivity contribution in [1.82, 2.24) is 4.90 Å². The maximum atomic E-state index is 12.0.